The molecule has 50 heavy (non-hydrogen) atoms. The number of ether oxygens (including phenoxy) is 1. The van der Waals surface area contributed by atoms with Crippen LogP contribution >= 0.6 is 0 Å². The van der Waals surface area contributed by atoms with Crippen LogP contribution in [0.15, 0.2) is 55.0 Å². The van der Waals surface area contributed by atoms with Gasteiger partial charge < -0.3 is 19.9 Å². The van der Waals surface area contributed by atoms with Gasteiger partial charge in [0, 0.05) is 88.6 Å². The number of hydrogen-bond acceptors (Lipinski definition) is 9. The molecular formula is C36H40F3N9O2. The van der Waals surface area contributed by atoms with Crippen LogP contribution in [0, 0.1) is 11.8 Å². The van der Waals surface area contributed by atoms with Crippen LogP contribution in [0.3, 0.4) is 0 Å². The van der Waals surface area contributed by atoms with Gasteiger partial charge in [-0.25, -0.2) is 9.50 Å². The molecule has 4 aromatic rings. The van der Waals surface area contributed by atoms with Gasteiger partial charge in [-0.3, -0.25) is 19.6 Å². The summed E-state index contributed by atoms with van der Waals surface area (Å²) in [5.41, 5.74) is 1.37. The van der Waals surface area contributed by atoms with E-state index in [1.54, 1.807) is 16.8 Å². The number of piperidine rings is 1. The summed E-state index contributed by atoms with van der Waals surface area (Å²) in [5.74, 6) is 6.41. The molecule has 3 saturated heterocycles. The van der Waals surface area contributed by atoms with Crippen LogP contribution in [-0.2, 0) is 17.5 Å². The number of piperazine rings is 1. The normalized spacial score (nSPS) is 18.6. The van der Waals surface area contributed by atoms with Crippen molar-refractivity contribution in [2.24, 2.45) is 0 Å². The quantitative estimate of drug-likeness (QED) is 0.304. The van der Waals surface area contributed by atoms with E-state index in [2.05, 4.69) is 41.8 Å². The molecule has 3 aromatic heterocycles. The van der Waals surface area contributed by atoms with Gasteiger partial charge in [-0.15, -0.1) is 5.10 Å². The van der Waals surface area contributed by atoms with E-state index in [-0.39, 0.29) is 23.4 Å². The van der Waals surface area contributed by atoms with Crippen molar-refractivity contribution in [2.45, 2.75) is 31.6 Å². The summed E-state index contributed by atoms with van der Waals surface area (Å²) in [4.78, 5) is 30.7. The summed E-state index contributed by atoms with van der Waals surface area (Å²) in [7, 11) is 2.00. The predicted octanol–water partition coefficient (Wildman–Crippen LogP) is 3.84. The van der Waals surface area contributed by atoms with Crippen molar-refractivity contribution in [3.8, 4) is 11.8 Å². The highest BCUT2D eigenvalue weighted by atomic mass is 19.4. The molecule has 1 N–H and O–H groups in total. The van der Waals surface area contributed by atoms with Crippen LogP contribution in [0.4, 0.5) is 24.7 Å². The molecule has 3 fully saturated rings. The van der Waals surface area contributed by atoms with Gasteiger partial charge in [0.15, 0.2) is 5.65 Å². The Bertz CT molecular complexity index is 1880. The molecule has 0 aliphatic carbocycles. The minimum atomic E-state index is -4.56. The summed E-state index contributed by atoms with van der Waals surface area (Å²) in [6.45, 7) is 8.60. The maximum Gasteiger partial charge on any atom is 0.416 e. The van der Waals surface area contributed by atoms with E-state index >= 15 is 0 Å². The van der Waals surface area contributed by atoms with Crippen LogP contribution < -0.4 is 10.2 Å². The molecule has 3 aliphatic heterocycles. The highest BCUT2D eigenvalue weighted by molar-refractivity contribution is 6.04. The lowest BCUT2D eigenvalue weighted by Crippen LogP contribution is -2.49. The number of amides is 1. The monoisotopic (exact) mass is 687 g/mol. The number of aromatic nitrogens is 4. The second-order valence-corrected chi connectivity index (χ2v) is 13.1. The third kappa shape index (κ3) is 7.92. The number of nitrogens with one attached hydrogen (secondary N) is 1. The zero-order chi connectivity index (χ0) is 34.7. The number of halogens is 3. The summed E-state index contributed by atoms with van der Waals surface area (Å²) in [6, 6.07) is 9.99. The van der Waals surface area contributed by atoms with Crippen molar-refractivity contribution < 1.29 is 22.7 Å². The maximum absolute atomic E-state index is 14.1. The fourth-order valence-electron chi connectivity index (χ4n) is 6.80. The van der Waals surface area contributed by atoms with Crippen molar-refractivity contribution in [2.75, 3.05) is 82.8 Å². The number of alkyl halides is 3. The van der Waals surface area contributed by atoms with Crippen LogP contribution in [0.1, 0.15) is 45.6 Å². The number of likely N-dealkylation sites (N-methyl/N-ethyl adjacent to an activating group) is 1. The van der Waals surface area contributed by atoms with E-state index in [4.69, 9.17) is 9.84 Å². The third-order valence-corrected chi connectivity index (χ3v) is 9.70. The van der Waals surface area contributed by atoms with Crippen molar-refractivity contribution >= 4 is 23.1 Å². The molecule has 0 unspecified atom stereocenters. The van der Waals surface area contributed by atoms with Crippen molar-refractivity contribution in [3.05, 3.63) is 82.9 Å². The average Bonchev–Trinajstić information content (AvgIpc) is 3.54. The molecular weight excluding hydrogens is 647 g/mol. The molecule has 0 spiro atoms. The Labute approximate surface area is 289 Å². The van der Waals surface area contributed by atoms with Crippen molar-refractivity contribution in [3.63, 3.8) is 0 Å². The Morgan fingerprint density at radius 1 is 0.940 bits per heavy atom. The van der Waals surface area contributed by atoms with Crippen LogP contribution in [0.5, 0.6) is 0 Å². The third-order valence-electron chi connectivity index (χ3n) is 9.70. The molecule has 0 radical (unpaired) electrons. The number of anilines is 2. The molecule has 0 bridgehead atoms. The van der Waals surface area contributed by atoms with Gasteiger partial charge >= 0.3 is 6.18 Å². The Balaban J connectivity index is 1.02. The van der Waals surface area contributed by atoms with Gasteiger partial charge in [0.2, 0.25) is 0 Å². The van der Waals surface area contributed by atoms with Gasteiger partial charge in [-0.2, -0.15) is 13.2 Å². The molecule has 1 amide bonds. The minimum Gasteiger partial charge on any atom is -0.379 e. The summed E-state index contributed by atoms with van der Waals surface area (Å²) in [6.07, 6.45) is 2.11. The number of rotatable bonds is 6. The van der Waals surface area contributed by atoms with Gasteiger partial charge in [-0.05, 0) is 61.7 Å². The number of morpholine rings is 1. The number of fused-ring (bicyclic) bond motifs is 1. The number of pyridine rings is 1. The summed E-state index contributed by atoms with van der Waals surface area (Å²) in [5, 5.41) is 7.45. The Kier molecular flexibility index (Phi) is 10.0. The topological polar surface area (TPSA) is 94.4 Å². The van der Waals surface area contributed by atoms with Gasteiger partial charge in [-0.1, -0.05) is 12.0 Å². The van der Waals surface area contributed by atoms with E-state index in [9.17, 15) is 18.0 Å². The highest BCUT2D eigenvalue weighted by Gasteiger charge is 2.34. The largest absolute Gasteiger partial charge is 0.416 e. The highest BCUT2D eigenvalue weighted by Crippen LogP contribution is 2.35. The molecule has 11 nitrogen and oxygen atoms in total. The van der Waals surface area contributed by atoms with Crippen molar-refractivity contribution in [1.82, 2.24) is 34.3 Å². The molecule has 262 valence electrons. The molecule has 0 atom stereocenters. The molecule has 1 aromatic carbocycles. The first-order valence-electron chi connectivity index (χ1n) is 17.0. The lowest BCUT2D eigenvalue weighted by atomic mass is 10.0. The number of nitrogens with zero attached hydrogens (tertiary/aromatic N) is 8. The van der Waals surface area contributed by atoms with E-state index in [0.29, 0.717) is 36.0 Å². The van der Waals surface area contributed by atoms with Crippen LogP contribution in [0.2, 0.25) is 0 Å². The van der Waals surface area contributed by atoms with Gasteiger partial charge in [0.1, 0.15) is 11.5 Å². The molecule has 14 heteroatoms. The SMILES string of the molecule is CN1CCN(Cc2ccc(NC(=O)c3cncc(C#Cc4cnc5ccc(N6CCC(N7CCOCC7)CC6)nn45)c3)cc2C(F)(F)F)CC1. The number of benzene rings is 1. The zero-order valence-electron chi connectivity index (χ0n) is 28.0. The molecule has 3 aliphatic rings. The van der Waals surface area contributed by atoms with E-state index in [1.165, 1.54) is 24.5 Å². The standard InChI is InChI=1S/C36H40F3N9O2/c1-44-12-14-45(15-13-44)25-27-3-4-29(21-32(27)36(37,38)39)42-35(49)28-20-26(22-40-23-28)2-5-31-24-41-33-6-7-34(43-48(31)33)47-10-8-30(9-11-47)46-16-18-50-19-17-46/h3-4,6-7,20-24,30H,8-19,25H2,1H3,(H,42,49). The number of carbonyl (C=O) groups is 1. The first-order valence-corrected chi connectivity index (χ1v) is 17.0. The fourth-order valence-corrected chi connectivity index (χ4v) is 6.80. The lowest BCUT2D eigenvalue weighted by molar-refractivity contribution is -0.138. The van der Waals surface area contributed by atoms with Crippen LogP contribution in [0.25, 0.3) is 5.65 Å². The van der Waals surface area contributed by atoms with Gasteiger partial charge in [0.05, 0.1) is 30.5 Å². The zero-order valence-corrected chi connectivity index (χ0v) is 28.0. The number of carbonyl (C=O) groups excluding carboxylic acids is 1. The minimum absolute atomic E-state index is 0.0545. The maximum atomic E-state index is 14.1. The van der Waals surface area contributed by atoms with E-state index in [1.807, 2.05) is 24.1 Å². The van der Waals surface area contributed by atoms with E-state index in [0.717, 1.165) is 77.2 Å². The summed E-state index contributed by atoms with van der Waals surface area (Å²) < 4.78 is 49.4. The average molecular weight is 688 g/mol. The molecule has 7 rings (SSSR count). The van der Waals surface area contributed by atoms with E-state index < -0.39 is 17.6 Å². The second-order valence-electron chi connectivity index (χ2n) is 13.1. The number of hydrogen-bond donors (Lipinski definition) is 1. The first-order chi connectivity index (χ1) is 24.2. The summed E-state index contributed by atoms with van der Waals surface area (Å²) >= 11 is 0. The number of imidazole rings is 1. The van der Waals surface area contributed by atoms with Gasteiger partial charge in [0.25, 0.3) is 5.91 Å². The fraction of sp³-hybridized carbons (Fsp3) is 0.444. The smallest absolute Gasteiger partial charge is 0.379 e. The van der Waals surface area contributed by atoms with Crippen molar-refractivity contribution in [1.29, 1.82) is 0 Å². The van der Waals surface area contributed by atoms with Crippen LogP contribution in [-0.4, -0.2) is 119 Å². The Morgan fingerprint density at radius 2 is 1.72 bits per heavy atom. The first kappa shape index (κ1) is 33.9. The molecule has 0 saturated carbocycles. The lowest BCUT2D eigenvalue weighted by Gasteiger charge is -2.40. The predicted molar refractivity (Wildman–Crippen MR) is 183 cm³/mol. The Hall–Kier alpha value is -4.55. The molecule has 6 heterocycles. The second kappa shape index (κ2) is 14.7. The Morgan fingerprint density at radius 3 is 2.48 bits per heavy atom.